The lowest BCUT2D eigenvalue weighted by molar-refractivity contribution is -0.387. The molecule has 0 aliphatic carbocycles. The van der Waals surface area contributed by atoms with Gasteiger partial charge >= 0.3 is 5.69 Å². The number of nitro benzene ring substituents is 1. The summed E-state index contributed by atoms with van der Waals surface area (Å²) in [5, 5.41) is 10.7. The normalized spacial score (nSPS) is 10.4. The van der Waals surface area contributed by atoms with Crippen molar-refractivity contribution in [2.75, 3.05) is 0 Å². The van der Waals surface area contributed by atoms with Crippen LogP contribution in [0.2, 0.25) is 0 Å². The molecule has 0 saturated carbocycles. The smallest absolute Gasteiger partial charge is 0.305 e. The second-order valence-corrected chi connectivity index (χ2v) is 5.36. The Bertz CT molecular complexity index is 681. The molecule has 2 aromatic rings. The molecule has 21 heavy (non-hydrogen) atoms. The highest BCUT2D eigenvalue weighted by Gasteiger charge is 2.17. The first-order valence-electron chi connectivity index (χ1n) is 5.92. The summed E-state index contributed by atoms with van der Waals surface area (Å²) in [7, 11) is 0. The van der Waals surface area contributed by atoms with Crippen LogP contribution in [0, 0.1) is 15.9 Å². The van der Waals surface area contributed by atoms with E-state index in [1.807, 2.05) is 0 Å². The molecule has 0 bridgehead atoms. The molecule has 0 heterocycles. The van der Waals surface area contributed by atoms with Gasteiger partial charge in [-0.3, -0.25) is 10.1 Å². The zero-order valence-electron chi connectivity index (χ0n) is 10.7. The first-order valence-corrected chi connectivity index (χ1v) is 7.24. The van der Waals surface area contributed by atoms with Gasteiger partial charge in [0.2, 0.25) is 5.82 Å². The summed E-state index contributed by atoms with van der Waals surface area (Å²) in [6.07, 6.45) is 0. The third kappa shape index (κ3) is 3.71. The maximum absolute atomic E-state index is 13.9. The summed E-state index contributed by atoms with van der Waals surface area (Å²) in [5.41, 5.74) is 0.300. The number of benzene rings is 2. The zero-order valence-corrected chi connectivity index (χ0v) is 13.0. The first kappa shape index (κ1) is 15.7. The molecule has 0 unspecified atom stereocenters. The van der Waals surface area contributed by atoms with Crippen LogP contribution in [-0.4, -0.2) is 4.92 Å². The summed E-state index contributed by atoms with van der Waals surface area (Å²) >= 11 is 9.14. The monoisotopic (exact) mass is 373 g/mol. The van der Waals surface area contributed by atoms with E-state index in [0.29, 0.717) is 5.75 Å². The van der Waals surface area contributed by atoms with Crippen LogP contribution >= 0.6 is 27.5 Å². The van der Waals surface area contributed by atoms with Crippen LogP contribution in [0.5, 0.6) is 5.75 Å². The fourth-order valence-corrected chi connectivity index (χ4v) is 2.38. The summed E-state index contributed by atoms with van der Waals surface area (Å²) in [6, 6.07) is 9.26. The van der Waals surface area contributed by atoms with Crippen molar-refractivity contribution in [3.05, 3.63) is 67.9 Å². The number of nitrogens with zero attached hydrogens (tertiary/aromatic N) is 1. The Kier molecular flexibility index (Phi) is 5.14. The minimum absolute atomic E-state index is 0.112. The zero-order chi connectivity index (χ0) is 15.4. The van der Waals surface area contributed by atoms with E-state index in [1.165, 1.54) is 12.1 Å². The number of nitro groups is 1. The molecule has 0 spiro atoms. The Morgan fingerprint density at radius 3 is 2.71 bits per heavy atom. The highest BCUT2D eigenvalue weighted by atomic mass is 79.9. The molecule has 0 N–H and O–H groups in total. The number of hydrogen-bond acceptors (Lipinski definition) is 3. The molecule has 0 aliphatic rings. The van der Waals surface area contributed by atoms with E-state index in [4.69, 9.17) is 16.3 Å². The van der Waals surface area contributed by atoms with E-state index in [0.717, 1.165) is 16.1 Å². The summed E-state index contributed by atoms with van der Waals surface area (Å²) < 4.78 is 20.3. The van der Waals surface area contributed by atoms with Gasteiger partial charge in [-0.15, -0.1) is 11.6 Å². The minimum Gasteiger partial charge on any atom is -0.488 e. The lowest BCUT2D eigenvalue weighted by atomic mass is 10.2. The van der Waals surface area contributed by atoms with Crippen molar-refractivity contribution in [3.63, 3.8) is 0 Å². The van der Waals surface area contributed by atoms with Crippen molar-refractivity contribution in [2.45, 2.75) is 12.5 Å². The van der Waals surface area contributed by atoms with Crippen molar-refractivity contribution in [2.24, 2.45) is 0 Å². The summed E-state index contributed by atoms with van der Waals surface area (Å²) in [6.45, 7) is -0.112. The van der Waals surface area contributed by atoms with E-state index in [2.05, 4.69) is 15.9 Å². The van der Waals surface area contributed by atoms with Gasteiger partial charge in [0, 0.05) is 21.7 Å². The second-order valence-electron chi connectivity index (χ2n) is 4.18. The molecular weight excluding hydrogens is 365 g/mol. The van der Waals surface area contributed by atoms with Crippen LogP contribution in [0.4, 0.5) is 10.1 Å². The predicted molar refractivity (Wildman–Crippen MR) is 81.1 cm³/mol. The maximum Gasteiger partial charge on any atom is 0.305 e. The molecule has 2 rings (SSSR count). The fraction of sp³-hybridized carbons (Fsp3) is 0.143. The summed E-state index contributed by atoms with van der Waals surface area (Å²) in [4.78, 5) is 9.93. The minimum atomic E-state index is -0.882. The number of rotatable bonds is 5. The van der Waals surface area contributed by atoms with E-state index < -0.39 is 16.4 Å². The van der Waals surface area contributed by atoms with Crippen molar-refractivity contribution < 1.29 is 14.1 Å². The van der Waals surface area contributed by atoms with Crippen molar-refractivity contribution >= 4 is 33.2 Å². The molecule has 0 fully saturated rings. The average Bonchev–Trinajstić information content (AvgIpc) is 2.46. The molecule has 2 aromatic carbocycles. The molecular formula is C14H10BrClFNO3. The van der Waals surface area contributed by atoms with Crippen molar-refractivity contribution in [1.29, 1.82) is 0 Å². The first-order chi connectivity index (χ1) is 10.0. The van der Waals surface area contributed by atoms with Gasteiger partial charge in [0.1, 0.15) is 12.4 Å². The standard InChI is InChI=1S/C14H10BrClFNO3/c15-11-4-5-13(10(6-11)7-16)21-8-9-2-1-3-12(14(9)17)18(19)20/h1-6H,7-8H2. The Balaban J connectivity index is 2.21. The maximum atomic E-state index is 13.9. The van der Waals surface area contributed by atoms with Crippen LogP contribution < -0.4 is 4.74 Å². The molecule has 0 amide bonds. The molecule has 0 aromatic heterocycles. The topological polar surface area (TPSA) is 52.4 Å². The van der Waals surface area contributed by atoms with E-state index >= 15 is 0 Å². The van der Waals surface area contributed by atoms with Crippen molar-refractivity contribution in [1.82, 2.24) is 0 Å². The lowest BCUT2D eigenvalue weighted by Gasteiger charge is -2.11. The Morgan fingerprint density at radius 1 is 1.29 bits per heavy atom. The van der Waals surface area contributed by atoms with Gasteiger partial charge in [-0.25, -0.2) is 0 Å². The SMILES string of the molecule is O=[N+]([O-])c1cccc(COc2ccc(Br)cc2CCl)c1F. The third-order valence-corrected chi connectivity index (χ3v) is 3.59. The molecule has 0 saturated heterocycles. The van der Waals surface area contributed by atoms with Gasteiger partial charge in [-0.1, -0.05) is 28.1 Å². The van der Waals surface area contributed by atoms with Gasteiger partial charge in [0.05, 0.1) is 10.8 Å². The fourth-order valence-electron chi connectivity index (χ4n) is 1.77. The molecule has 7 heteroatoms. The second kappa shape index (κ2) is 6.87. The largest absolute Gasteiger partial charge is 0.488 e. The Morgan fingerprint density at radius 2 is 2.05 bits per heavy atom. The highest BCUT2D eigenvalue weighted by Crippen LogP contribution is 2.27. The van der Waals surface area contributed by atoms with Gasteiger partial charge in [0.15, 0.2) is 0 Å². The quantitative estimate of drug-likeness (QED) is 0.428. The Hall–Kier alpha value is -1.66. The average molecular weight is 375 g/mol. The van der Waals surface area contributed by atoms with Gasteiger partial charge < -0.3 is 4.74 Å². The van der Waals surface area contributed by atoms with E-state index in [9.17, 15) is 14.5 Å². The van der Waals surface area contributed by atoms with Gasteiger partial charge in [0.25, 0.3) is 0 Å². The Labute approximate surface area is 133 Å². The van der Waals surface area contributed by atoms with E-state index in [1.54, 1.807) is 18.2 Å². The van der Waals surface area contributed by atoms with Crippen LogP contribution in [0.3, 0.4) is 0 Å². The molecule has 4 nitrogen and oxygen atoms in total. The third-order valence-electron chi connectivity index (χ3n) is 2.80. The van der Waals surface area contributed by atoms with Crippen molar-refractivity contribution in [3.8, 4) is 5.75 Å². The molecule has 0 aliphatic heterocycles. The lowest BCUT2D eigenvalue weighted by Crippen LogP contribution is -2.03. The number of halogens is 3. The molecule has 0 radical (unpaired) electrons. The highest BCUT2D eigenvalue weighted by molar-refractivity contribution is 9.10. The van der Waals surface area contributed by atoms with Crippen LogP contribution in [0.15, 0.2) is 40.9 Å². The number of ether oxygens (including phenoxy) is 1. The van der Waals surface area contributed by atoms with Crippen LogP contribution in [0.1, 0.15) is 11.1 Å². The summed E-state index contributed by atoms with van der Waals surface area (Å²) in [5.74, 6) is -0.127. The van der Waals surface area contributed by atoms with Crippen LogP contribution in [-0.2, 0) is 12.5 Å². The van der Waals surface area contributed by atoms with E-state index in [-0.39, 0.29) is 18.1 Å². The molecule has 110 valence electrons. The number of hydrogen-bond donors (Lipinski definition) is 0. The van der Waals surface area contributed by atoms with Crippen LogP contribution in [0.25, 0.3) is 0 Å². The van der Waals surface area contributed by atoms with Gasteiger partial charge in [-0.2, -0.15) is 4.39 Å². The number of alkyl halides is 1. The van der Waals surface area contributed by atoms with Gasteiger partial charge in [-0.05, 0) is 18.2 Å². The predicted octanol–water partition coefficient (Wildman–Crippen LogP) is 4.81. The molecule has 0 atom stereocenters.